The second kappa shape index (κ2) is 8.60. The molecule has 3 rings (SSSR count). The highest BCUT2D eigenvalue weighted by Crippen LogP contribution is 2.17. The Morgan fingerprint density at radius 3 is 2.68 bits per heavy atom. The number of rotatable bonds is 5. The third kappa shape index (κ3) is 4.78. The van der Waals surface area contributed by atoms with Crippen LogP contribution < -0.4 is 10.2 Å². The van der Waals surface area contributed by atoms with Crippen molar-refractivity contribution in [2.75, 3.05) is 44.2 Å². The SMILES string of the molecule is CCNC(=NCCc1ccco1)N1CCN(c2cccc(C)c2)CC1. The van der Waals surface area contributed by atoms with E-state index in [1.807, 2.05) is 12.1 Å². The van der Waals surface area contributed by atoms with Gasteiger partial charge in [0.1, 0.15) is 5.76 Å². The fourth-order valence-corrected chi connectivity index (χ4v) is 3.15. The summed E-state index contributed by atoms with van der Waals surface area (Å²) in [6.45, 7) is 9.91. The van der Waals surface area contributed by atoms with E-state index in [1.54, 1.807) is 6.26 Å². The molecule has 1 aromatic carbocycles. The van der Waals surface area contributed by atoms with Gasteiger partial charge in [-0.25, -0.2) is 0 Å². The van der Waals surface area contributed by atoms with Crippen molar-refractivity contribution in [3.8, 4) is 0 Å². The van der Waals surface area contributed by atoms with Gasteiger partial charge in [0, 0.05) is 51.4 Å². The molecular formula is C20H28N4O. The second-order valence-corrected chi connectivity index (χ2v) is 6.38. The standard InChI is InChI=1S/C20H28N4O/c1-3-21-20(22-10-9-19-8-5-15-25-19)24-13-11-23(12-14-24)18-7-4-6-17(2)16-18/h4-8,15-16H,3,9-14H2,1-2H3,(H,21,22). The summed E-state index contributed by atoms with van der Waals surface area (Å²) in [5.74, 6) is 2.00. The van der Waals surface area contributed by atoms with Crippen LogP contribution in [-0.2, 0) is 6.42 Å². The Morgan fingerprint density at radius 2 is 2.00 bits per heavy atom. The highest BCUT2D eigenvalue weighted by atomic mass is 16.3. The summed E-state index contributed by atoms with van der Waals surface area (Å²) < 4.78 is 5.38. The van der Waals surface area contributed by atoms with Crippen molar-refractivity contribution in [1.29, 1.82) is 0 Å². The molecule has 2 heterocycles. The molecule has 134 valence electrons. The van der Waals surface area contributed by atoms with E-state index in [0.29, 0.717) is 0 Å². The van der Waals surface area contributed by atoms with Crippen molar-refractivity contribution in [2.45, 2.75) is 20.3 Å². The minimum atomic E-state index is 0.744. The Bertz CT molecular complexity index is 673. The molecule has 1 aromatic heterocycles. The number of nitrogens with zero attached hydrogens (tertiary/aromatic N) is 3. The lowest BCUT2D eigenvalue weighted by Crippen LogP contribution is -2.52. The average Bonchev–Trinajstić information content (AvgIpc) is 3.15. The Labute approximate surface area is 150 Å². The van der Waals surface area contributed by atoms with E-state index in [-0.39, 0.29) is 0 Å². The Balaban J connectivity index is 1.56. The number of benzene rings is 1. The first-order chi connectivity index (χ1) is 12.3. The zero-order valence-electron chi connectivity index (χ0n) is 15.2. The summed E-state index contributed by atoms with van der Waals surface area (Å²) in [6, 6.07) is 12.7. The van der Waals surface area contributed by atoms with Gasteiger partial charge in [-0.15, -0.1) is 0 Å². The first kappa shape index (κ1) is 17.4. The van der Waals surface area contributed by atoms with Crippen LogP contribution in [0.3, 0.4) is 0 Å². The third-order valence-corrected chi connectivity index (χ3v) is 4.48. The quantitative estimate of drug-likeness (QED) is 0.671. The third-order valence-electron chi connectivity index (χ3n) is 4.48. The Morgan fingerprint density at radius 1 is 1.16 bits per heavy atom. The summed E-state index contributed by atoms with van der Waals surface area (Å²) in [7, 11) is 0. The van der Waals surface area contributed by atoms with Crippen LogP contribution >= 0.6 is 0 Å². The molecule has 5 heteroatoms. The molecule has 0 saturated carbocycles. The number of piperazine rings is 1. The van der Waals surface area contributed by atoms with Gasteiger partial charge in [0.2, 0.25) is 0 Å². The van der Waals surface area contributed by atoms with E-state index < -0.39 is 0 Å². The van der Waals surface area contributed by atoms with E-state index in [2.05, 4.69) is 53.2 Å². The summed E-state index contributed by atoms with van der Waals surface area (Å²) >= 11 is 0. The molecule has 0 amide bonds. The molecule has 1 aliphatic heterocycles. The van der Waals surface area contributed by atoms with E-state index in [1.165, 1.54) is 11.3 Å². The number of hydrogen-bond acceptors (Lipinski definition) is 3. The van der Waals surface area contributed by atoms with Crippen LogP contribution in [0, 0.1) is 6.92 Å². The highest BCUT2D eigenvalue weighted by molar-refractivity contribution is 5.80. The molecule has 0 atom stereocenters. The van der Waals surface area contributed by atoms with E-state index in [9.17, 15) is 0 Å². The van der Waals surface area contributed by atoms with Crippen LogP contribution in [0.15, 0.2) is 52.1 Å². The summed E-state index contributed by atoms with van der Waals surface area (Å²) in [5.41, 5.74) is 2.63. The zero-order valence-corrected chi connectivity index (χ0v) is 15.2. The predicted octanol–water partition coefficient (Wildman–Crippen LogP) is 2.92. The number of guanidine groups is 1. The van der Waals surface area contributed by atoms with Crippen LogP contribution in [0.2, 0.25) is 0 Å². The van der Waals surface area contributed by atoms with E-state index in [0.717, 1.165) is 57.4 Å². The maximum Gasteiger partial charge on any atom is 0.194 e. The molecule has 1 saturated heterocycles. The molecule has 0 unspecified atom stereocenters. The lowest BCUT2D eigenvalue weighted by Gasteiger charge is -2.37. The van der Waals surface area contributed by atoms with Gasteiger partial charge in [-0.3, -0.25) is 4.99 Å². The van der Waals surface area contributed by atoms with Crippen molar-refractivity contribution in [1.82, 2.24) is 10.2 Å². The fraction of sp³-hybridized carbons (Fsp3) is 0.450. The van der Waals surface area contributed by atoms with Crippen molar-refractivity contribution < 1.29 is 4.42 Å². The first-order valence-corrected chi connectivity index (χ1v) is 9.13. The second-order valence-electron chi connectivity index (χ2n) is 6.38. The summed E-state index contributed by atoms with van der Waals surface area (Å²) in [4.78, 5) is 9.59. The van der Waals surface area contributed by atoms with Gasteiger partial charge in [0.25, 0.3) is 0 Å². The molecule has 0 bridgehead atoms. The average molecular weight is 340 g/mol. The van der Waals surface area contributed by atoms with Gasteiger partial charge >= 0.3 is 0 Å². The molecule has 5 nitrogen and oxygen atoms in total. The highest BCUT2D eigenvalue weighted by Gasteiger charge is 2.19. The van der Waals surface area contributed by atoms with Crippen molar-refractivity contribution >= 4 is 11.6 Å². The Hall–Kier alpha value is -2.43. The lowest BCUT2D eigenvalue weighted by molar-refractivity contribution is 0.372. The minimum Gasteiger partial charge on any atom is -0.469 e. The van der Waals surface area contributed by atoms with Crippen LogP contribution in [0.1, 0.15) is 18.2 Å². The number of furan rings is 1. The number of aryl methyl sites for hydroxylation is 1. The molecule has 0 radical (unpaired) electrons. The molecular weight excluding hydrogens is 312 g/mol. The molecule has 1 fully saturated rings. The largest absolute Gasteiger partial charge is 0.469 e. The zero-order chi connectivity index (χ0) is 17.5. The first-order valence-electron chi connectivity index (χ1n) is 9.13. The van der Waals surface area contributed by atoms with Crippen molar-refractivity contribution in [3.05, 3.63) is 54.0 Å². The van der Waals surface area contributed by atoms with Gasteiger partial charge in [-0.2, -0.15) is 0 Å². The van der Waals surface area contributed by atoms with Gasteiger partial charge in [0.15, 0.2) is 5.96 Å². The Kier molecular flexibility index (Phi) is 5.99. The molecule has 25 heavy (non-hydrogen) atoms. The van der Waals surface area contributed by atoms with Crippen LogP contribution in [0.4, 0.5) is 5.69 Å². The van der Waals surface area contributed by atoms with Crippen LogP contribution in [0.5, 0.6) is 0 Å². The number of anilines is 1. The number of hydrogen-bond donors (Lipinski definition) is 1. The maximum absolute atomic E-state index is 5.38. The molecule has 0 aliphatic carbocycles. The van der Waals surface area contributed by atoms with Gasteiger partial charge in [-0.1, -0.05) is 12.1 Å². The molecule has 1 N–H and O–H groups in total. The monoisotopic (exact) mass is 340 g/mol. The van der Waals surface area contributed by atoms with Gasteiger partial charge < -0.3 is 19.5 Å². The lowest BCUT2D eigenvalue weighted by atomic mass is 10.2. The molecule has 0 spiro atoms. The maximum atomic E-state index is 5.38. The van der Waals surface area contributed by atoms with Crippen LogP contribution in [-0.4, -0.2) is 50.1 Å². The fourth-order valence-electron chi connectivity index (χ4n) is 3.15. The predicted molar refractivity (Wildman–Crippen MR) is 103 cm³/mol. The number of nitrogens with one attached hydrogen (secondary N) is 1. The topological polar surface area (TPSA) is 44.0 Å². The number of aliphatic imine (C=N–C) groups is 1. The van der Waals surface area contributed by atoms with Crippen LogP contribution in [0.25, 0.3) is 0 Å². The minimum absolute atomic E-state index is 0.744. The molecule has 2 aromatic rings. The van der Waals surface area contributed by atoms with E-state index in [4.69, 9.17) is 9.41 Å². The van der Waals surface area contributed by atoms with Crippen molar-refractivity contribution in [3.63, 3.8) is 0 Å². The summed E-state index contributed by atoms with van der Waals surface area (Å²) in [6.07, 6.45) is 2.56. The van der Waals surface area contributed by atoms with Gasteiger partial charge in [-0.05, 0) is 43.7 Å². The normalized spacial score (nSPS) is 15.5. The van der Waals surface area contributed by atoms with E-state index >= 15 is 0 Å². The molecule has 1 aliphatic rings. The smallest absolute Gasteiger partial charge is 0.194 e. The summed E-state index contributed by atoms with van der Waals surface area (Å²) in [5, 5.41) is 3.42. The van der Waals surface area contributed by atoms with Gasteiger partial charge in [0.05, 0.1) is 6.26 Å². The van der Waals surface area contributed by atoms with Crippen molar-refractivity contribution in [2.24, 2.45) is 4.99 Å².